The Morgan fingerprint density at radius 2 is 1.58 bits per heavy atom. The quantitative estimate of drug-likeness (QED) is 0.463. The first-order chi connectivity index (χ1) is 8.12. The van der Waals surface area contributed by atoms with Gasteiger partial charge in [0.05, 0.1) is 12.7 Å². The van der Waals surface area contributed by atoms with E-state index in [9.17, 15) is 17.7 Å². The number of hydrogen-bond acceptors (Lipinski definition) is 3. The molecule has 1 rings (SSSR count). The minimum absolute atomic E-state index is 0. The summed E-state index contributed by atoms with van der Waals surface area (Å²) < 4.78 is 43.7. The first-order valence-corrected chi connectivity index (χ1v) is 5.68. The largest absolute Gasteiger partial charge is 1.00 e. The van der Waals surface area contributed by atoms with E-state index in [1.54, 1.807) is 6.92 Å². The van der Waals surface area contributed by atoms with Crippen molar-refractivity contribution >= 4 is 31.0 Å². The summed E-state index contributed by atoms with van der Waals surface area (Å²) >= 11 is 4.07. The SMILES string of the molecule is COC(=O)c1c(C)c(S)c(C)c([B-](F)(F)F)c1C.[K+]. The van der Waals surface area contributed by atoms with Crippen molar-refractivity contribution in [2.24, 2.45) is 0 Å². The van der Waals surface area contributed by atoms with Crippen LogP contribution in [0.15, 0.2) is 4.90 Å². The van der Waals surface area contributed by atoms with Crippen LogP contribution < -0.4 is 56.8 Å². The Hall–Kier alpha value is 0.531. The van der Waals surface area contributed by atoms with Crippen molar-refractivity contribution in [1.82, 2.24) is 0 Å². The summed E-state index contributed by atoms with van der Waals surface area (Å²) in [5, 5.41) is 0. The molecule has 0 heterocycles. The van der Waals surface area contributed by atoms with E-state index in [1.165, 1.54) is 13.8 Å². The molecule has 0 saturated heterocycles. The van der Waals surface area contributed by atoms with Gasteiger partial charge >= 0.3 is 64.3 Å². The molecule has 0 fully saturated rings. The monoisotopic (exact) mass is 316 g/mol. The molecular weight excluding hydrogens is 303 g/mol. The average molecular weight is 316 g/mol. The molecule has 0 bridgehead atoms. The molecule has 0 aliphatic rings. The Morgan fingerprint density at radius 1 is 1.11 bits per heavy atom. The molecule has 0 spiro atoms. The molecule has 2 nitrogen and oxygen atoms in total. The summed E-state index contributed by atoms with van der Waals surface area (Å²) in [6.45, 7) is -1.01. The summed E-state index contributed by atoms with van der Waals surface area (Å²) in [6, 6.07) is 0. The van der Waals surface area contributed by atoms with Gasteiger partial charge in [-0.3, -0.25) is 0 Å². The molecular formula is C11H13BF3KO2S. The van der Waals surface area contributed by atoms with Gasteiger partial charge < -0.3 is 17.7 Å². The molecule has 100 valence electrons. The van der Waals surface area contributed by atoms with Crippen molar-refractivity contribution in [2.45, 2.75) is 25.7 Å². The van der Waals surface area contributed by atoms with Crippen molar-refractivity contribution in [3.05, 3.63) is 22.3 Å². The molecule has 1 aromatic carbocycles. The standard InChI is InChI=1S/C11H13BF3O2S.K/c1-5-8(11(16)17-4)6(2)10(18)7(3)9(5)12(13,14)15;/h18H,1-4H3;/q-1;+1. The van der Waals surface area contributed by atoms with Crippen molar-refractivity contribution in [3.63, 3.8) is 0 Å². The number of hydrogen-bond donors (Lipinski definition) is 1. The van der Waals surface area contributed by atoms with Gasteiger partial charge in [-0.25, -0.2) is 4.79 Å². The second-order valence-electron chi connectivity index (χ2n) is 4.08. The van der Waals surface area contributed by atoms with Gasteiger partial charge in [0.1, 0.15) is 0 Å². The van der Waals surface area contributed by atoms with Crippen molar-refractivity contribution in [3.8, 4) is 0 Å². The smallest absolute Gasteiger partial charge is 0.465 e. The van der Waals surface area contributed by atoms with Crippen LogP contribution >= 0.6 is 12.6 Å². The topological polar surface area (TPSA) is 26.3 Å². The summed E-state index contributed by atoms with van der Waals surface area (Å²) in [7, 11) is 1.14. The zero-order valence-electron chi connectivity index (χ0n) is 11.5. The van der Waals surface area contributed by atoms with Crippen LogP contribution in [0.2, 0.25) is 0 Å². The Labute approximate surface area is 158 Å². The minimum atomic E-state index is -5.20. The van der Waals surface area contributed by atoms with E-state index < -0.39 is 18.4 Å². The van der Waals surface area contributed by atoms with Crippen LogP contribution in [0.1, 0.15) is 27.0 Å². The number of rotatable bonds is 2. The predicted molar refractivity (Wildman–Crippen MR) is 68.0 cm³/mol. The number of ether oxygens (including phenoxy) is 1. The van der Waals surface area contributed by atoms with Crippen LogP contribution in [0, 0.1) is 20.8 Å². The fraction of sp³-hybridized carbons (Fsp3) is 0.364. The van der Waals surface area contributed by atoms with Crippen LogP contribution in [-0.2, 0) is 4.74 Å². The molecule has 0 unspecified atom stereocenters. The Bertz CT molecular complexity index is 518. The molecule has 19 heavy (non-hydrogen) atoms. The molecule has 0 aliphatic carbocycles. The number of halogens is 3. The maximum atomic E-state index is 13.0. The number of carbonyl (C=O) groups is 1. The molecule has 0 radical (unpaired) electrons. The fourth-order valence-corrected chi connectivity index (χ4v) is 2.36. The van der Waals surface area contributed by atoms with Gasteiger partial charge in [-0.1, -0.05) is 11.1 Å². The van der Waals surface area contributed by atoms with Gasteiger partial charge in [-0.15, -0.1) is 18.1 Å². The minimum Gasteiger partial charge on any atom is -0.465 e. The molecule has 0 atom stereocenters. The second-order valence-corrected chi connectivity index (χ2v) is 4.53. The third-order valence-corrected chi connectivity index (χ3v) is 3.66. The fourth-order valence-electron chi connectivity index (χ4n) is 2.12. The van der Waals surface area contributed by atoms with E-state index in [4.69, 9.17) is 0 Å². The number of thiol groups is 1. The summed E-state index contributed by atoms with van der Waals surface area (Å²) in [5.41, 5.74) is -0.451. The van der Waals surface area contributed by atoms with Gasteiger partial charge in [0, 0.05) is 4.90 Å². The van der Waals surface area contributed by atoms with Gasteiger partial charge in [-0.05, 0) is 26.3 Å². The van der Waals surface area contributed by atoms with Crippen LogP contribution in [0.25, 0.3) is 0 Å². The predicted octanol–water partition coefficient (Wildman–Crippen LogP) is -0.254. The Morgan fingerprint density at radius 3 is 1.95 bits per heavy atom. The third kappa shape index (κ3) is 3.79. The maximum absolute atomic E-state index is 13.0. The second kappa shape index (κ2) is 7.00. The van der Waals surface area contributed by atoms with Gasteiger partial charge in [0.15, 0.2) is 0 Å². The van der Waals surface area contributed by atoms with E-state index >= 15 is 0 Å². The van der Waals surface area contributed by atoms with E-state index in [2.05, 4.69) is 17.4 Å². The Kier molecular flexibility index (Phi) is 7.19. The number of benzene rings is 1. The van der Waals surface area contributed by atoms with Crippen LogP contribution in [-0.4, -0.2) is 20.1 Å². The van der Waals surface area contributed by atoms with E-state index in [0.717, 1.165) is 7.11 Å². The van der Waals surface area contributed by atoms with Crippen LogP contribution in [0.4, 0.5) is 12.9 Å². The number of esters is 1. The molecule has 0 aliphatic heterocycles. The van der Waals surface area contributed by atoms with Crippen molar-refractivity contribution in [2.75, 3.05) is 7.11 Å². The van der Waals surface area contributed by atoms with Gasteiger partial charge in [-0.2, -0.15) is 0 Å². The van der Waals surface area contributed by atoms with E-state index in [1.807, 2.05) is 0 Å². The van der Waals surface area contributed by atoms with E-state index in [-0.39, 0.29) is 73.0 Å². The number of methoxy groups -OCH3 is 1. The third-order valence-electron chi connectivity index (χ3n) is 2.99. The summed E-state index contributed by atoms with van der Waals surface area (Å²) in [6.07, 6.45) is 0. The zero-order chi connectivity index (χ0) is 14.2. The maximum Gasteiger partial charge on any atom is 1.00 e. The van der Waals surface area contributed by atoms with Crippen molar-refractivity contribution < 1.29 is 73.9 Å². The first kappa shape index (κ1) is 19.5. The summed E-state index contributed by atoms with van der Waals surface area (Å²) in [5.74, 6) is -0.776. The number of carbonyl (C=O) groups excluding carboxylic acids is 1. The summed E-state index contributed by atoms with van der Waals surface area (Å²) in [4.78, 5) is 11.8. The van der Waals surface area contributed by atoms with E-state index in [0.29, 0.717) is 5.56 Å². The average Bonchev–Trinajstić information content (AvgIpc) is 2.24. The Balaban J connectivity index is 0.00000324. The molecule has 0 amide bonds. The van der Waals surface area contributed by atoms with Crippen LogP contribution in [0.3, 0.4) is 0 Å². The van der Waals surface area contributed by atoms with Crippen LogP contribution in [0.5, 0.6) is 0 Å². The molecule has 8 heteroatoms. The van der Waals surface area contributed by atoms with Crippen molar-refractivity contribution in [1.29, 1.82) is 0 Å². The molecule has 0 aromatic heterocycles. The molecule has 1 aromatic rings. The first-order valence-electron chi connectivity index (χ1n) is 5.23. The van der Waals surface area contributed by atoms with Gasteiger partial charge in [0.2, 0.25) is 0 Å². The molecule has 0 saturated carbocycles. The molecule has 0 N–H and O–H groups in total. The van der Waals surface area contributed by atoms with Gasteiger partial charge in [0.25, 0.3) is 0 Å². The normalized spacial score (nSPS) is 10.9. The zero-order valence-corrected chi connectivity index (χ0v) is 15.5.